The minimum absolute atomic E-state index is 0.0257. The van der Waals surface area contributed by atoms with Crippen LogP contribution in [0, 0.1) is 0 Å². The minimum Gasteiger partial charge on any atom is -0.509 e. The molecule has 0 aliphatic carbocycles. The highest BCUT2D eigenvalue weighted by molar-refractivity contribution is 8.14. The molecule has 0 spiro atoms. The number of aliphatic hydroxyl groups excluding tert-OH is 1. The molecular formula is C14H22N2OS. The second kappa shape index (κ2) is 8.64. The third-order valence-corrected chi connectivity index (χ3v) is 3.04. The lowest BCUT2D eigenvalue weighted by Gasteiger charge is -2.09. The van der Waals surface area contributed by atoms with Crippen LogP contribution in [0.4, 0.5) is 0 Å². The van der Waals surface area contributed by atoms with E-state index in [0.717, 1.165) is 16.5 Å². The summed E-state index contributed by atoms with van der Waals surface area (Å²) < 4.78 is 0. The lowest BCUT2D eigenvalue weighted by molar-refractivity contribution is 0.434. The van der Waals surface area contributed by atoms with Gasteiger partial charge < -0.3 is 10.0 Å². The fourth-order valence-corrected chi connectivity index (χ4v) is 1.93. The van der Waals surface area contributed by atoms with Crippen LogP contribution in [0.15, 0.2) is 53.7 Å². The molecule has 0 aromatic rings. The number of aliphatic imine (C=N–C) groups is 1. The zero-order valence-electron chi connectivity index (χ0n) is 11.6. The molecule has 100 valence electrons. The first kappa shape index (κ1) is 16.6. The van der Waals surface area contributed by atoms with Crippen LogP contribution < -0.4 is 0 Å². The molecule has 0 aliphatic heterocycles. The Morgan fingerprint density at radius 1 is 1.39 bits per heavy atom. The second-order valence-corrected chi connectivity index (χ2v) is 5.19. The smallest absolute Gasteiger partial charge is 0.110 e. The Morgan fingerprint density at radius 3 is 2.50 bits per heavy atom. The van der Waals surface area contributed by atoms with Gasteiger partial charge in [0.2, 0.25) is 0 Å². The van der Waals surface area contributed by atoms with E-state index in [1.54, 1.807) is 18.0 Å². The number of hydrogen-bond donors (Lipinski definition) is 1. The highest BCUT2D eigenvalue weighted by atomic mass is 32.2. The van der Waals surface area contributed by atoms with Gasteiger partial charge in [-0.2, -0.15) is 0 Å². The summed E-state index contributed by atoms with van der Waals surface area (Å²) in [4.78, 5) is 6.27. The maximum absolute atomic E-state index is 9.01. The molecule has 0 rings (SSSR count). The molecule has 4 heteroatoms. The summed E-state index contributed by atoms with van der Waals surface area (Å²) >= 11 is 1.66. The predicted molar refractivity (Wildman–Crippen MR) is 82.8 cm³/mol. The monoisotopic (exact) mass is 266 g/mol. The maximum atomic E-state index is 9.01. The zero-order valence-corrected chi connectivity index (χ0v) is 12.4. The molecule has 0 unspecified atom stereocenters. The van der Waals surface area contributed by atoms with E-state index in [-0.39, 0.29) is 5.76 Å². The Kier molecular flexibility index (Phi) is 7.96. The molecule has 0 aromatic heterocycles. The third-order valence-electron chi connectivity index (χ3n) is 1.93. The molecule has 0 saturated carbocycles. The van der Waals surface area contributed by atoms with Gasteiger partial charge >= 0.3 is 0 Å². The summed E-state index contributed by atoms with van der Waals surface area (Å²) in [5.74, 6) is 0.902. The van der Waals surface area contributed by atoms with Gasteiger partial charge in [0.05, 0.1) is 5.04 Å². The molecule has 0 bridgehead atoms. The van der Waals surface area contributed by atoms with E-state index < -0.39 is 0 Å². The molecule has 0 aromatic carbocycles. The molecule has 0 heterocycles. The van der Waals surface area contributed by atoms with Crippen LogP contribution in [0.5, 0.6) is 0 Å². The summed E-state index contributed by atoms with van der Waals surface area (Å²) in [5.41, 5.74) is 1.99. The van der Waals surface area contributed by atoms with Gasteiger partial charge in [-0.25, -0.2) is 0 Å². The van der Waals surface area contributed by atoms with E-state index in [9.17, 15) is 0 Å². The maximum Gasteiger partial charge on any atom is 0.110 e. The van der Waals surface area contributed by atoms with E-state index in [4.69, 9.17) is 5.11 Å². The normalized spacial score (nSPS) is 13.4. The van der Waals surface area contributed by atoms with Crippen LogP contribution in [0.1, 0.15) is 20.8 Å². The topological polar surface area (TPSA) is 35.8 Å². The lowest BCUT2D eigenvalue weighted by atomic mass is 10.4. The summed E-state index contributed by atoms with van der Waals surface area (Å²) in [6.45, 7) is 12.9. The van der Waals surface area contributed by atoms with E-state index in [1.165, 1.54) is 11.6 Å². The Balaban J connectivity index is 4.38. The van der Waals surface area contributed by atoms with Crippen LogP contribution in [-0.4, -0.2) is 27.9 Å². The van der Waals surface area contributed by atoms with Crippen molar-refractivity contribution >= 4 is 16.8 Å². The van der Waals surface area contributed by atoms with E-state index in [1.807, 2.05) is 32.0 Å². The SMILES string of the molecule is C=CN(C)/C=C(\C)CS/C(C)=N/C(C)=C\C(=C)O. The average Bonchev–Trinajstić information content (AvgIpc) is 2.24. The first-order valence-corrected chi connectivity index (χ1v) is 6.59. The van der Waals surface area contributed by atoms with Crippen LogP contribution in [0.2, 0.25) is 0 Å². The molecule has 0 aliphatic rings. The largest absolute Gasteiger partial charge is 0.509 e. The quantitative estimate of drug-likeness (QED) is 0.340. The molecule has 0 radical (unpaired) electrons. The van der Waals surface area contributed by atoms with Crippen LogP contribution in [0.25, 0.3) is 0 Å². The Bertz CT molecular complexity index is 395. The summed E-state index contributed by atoms with van der Waals surface area (Å²) in [6, 6.07) is 0. The van der Waals surface area contributed by atoms with E-state index in [0.29, 0.717) is 0 Å². The number of hydrogen-bond acceptors (Lipinski definition) is 4. The molecule has 0 fully saturated rings. The number of aliphatic hydroxyl groups is 1. The molecule has 1 N–H and O–H groups in total. The third kappa shape index (κ3) is 8.70. The minimum atomic E-state index is 0.0257. The van der Waals surface area contributed by atoms with Crippen LogP contribution in [-0.2, 0) is 0 Å². The summed E-state index contributed by atoms with van der Waals surface area (Å²) in [5, 5.41) is 9.97. The van der Waals surface area contributed by atoms with Crippen molar-refractivity contribution < 1.29 is 5.11 Å². The fourth-order valence-electron chi connectivity index (χ4n) is 1.21. The van der Waals surface area contributed by atoms with Crippen molar-refractivity contribution in [3.63, 3.8) is 0 Å². The number of nitrogens with zero attached hydrogens (tertiary/aromatic N) is 2. The average molecular weight is 266 g/mol. The van der Waals surface area contributed by atoms with Crippen molar-refractivity contribution in [3.8, 4) is 0 Å². The summed E-state index contributed by atoms with van der Waals surface area (Å²) in [7, 11) is 1.95. The molecule has 18 heavy (non-hydrogen) atoms. The lowest BCUT2D eigenvalue weighted by Crippen LogP contribution is -2.01. The van der Waals surface area contributed by atoms with Crippen molar-refractivity contribution in [1.29, 1.82) is 0 Å². The van der Waals surface area contributed by atoms with Crippen molar-refractivity contribution in [2.75, 3.05) is 12.8 Å². The molecule has 3 nitrogen and oxygen atoms in total. The van der Waals surface area contributed by atoms with Crippen LogP contribution >= 0.6 is 11.8 Å². The van der Waals surface area contributed by atoms with Gasteiger partial charge in [-0.1, -0.05) is 13.2 Å². The summed E-state index contributed by atoms with van der Waals surface area (Å²) in [6.07, 6.45) is 5.33. The van der Waals surface area contributed by atoms with Gasteiger partial charge in [0.25, 0.3) is 0 Å². The molecule has 0 atom stereocenters. The van der Waals surface area contributed by atoms with Gasteiger partial charge in [-0.05, 0) is 32.5 Å². The predicted octanol–water partition coefficient (Wildman–Crippen LogP) is 4.09. The van der Waals surface area contributed by atoms with Crippen molar-refractivity contribution in [2.45, 2.75) is 20.8 Å². The van der Waals surface area contributed by atoms with Crippen LogP contribution in [0.3, 0.4) is 0 Å². The molecule has 0 amide bonds. The number of allylic oxidation sites excluding steroid dienone is 2. The molecule has 0 saturated heterocycles. The standard InChI is InChI=1S/C14H22N2OS/c1-7-16(6)9-11(2)10-18-14(5)15-12(3)8-13(4)17/h7-9,17H,1,4,10H2,2-3,5-6H3/b11-9+,12-8-,15-14+. The van der Waals surface area contributed by atoms with Crippen molar-refractivity contribution in [2.24, 2.45) is 4.99 Å². The van der Waals surface area contributed by atoms with Gasteiger partial charge in [0.1, 0.15) is 5.76 Å². The Labute approximate surface area is 114 Å². The zero-order chi connectivity index (χ0) is 14.1. The van der Waals surface area contributed by atoms with Gasteiger partial charge in [0, 0.05) is 30.8 Å². The number of rotatable bonds is 6. The number of thioether (sulfide) groups is 1. The Morgan fingerprint density at radius 2 is 2.00 bits per heavy atom. The highest BCUT2D eigenvalue weighted by Gasteiger charge is 1.97. The van der Waals surface area contributed by atoms with Gasteiger partial charge in [0.15, 0.2) is 0 Å². The van der Waals surface area contributed by atoms with Crippen molar-refractivity contribution in [3.05, 3.63) is 48.7 Å². The first-order valence-electron chi connectivity index (χ1n) is 5.61. The van der Waals surface area contributed by atoms with E-state index in [2.05, 4.69) is 25.1 Å². The fraction of sp³-hybridized carbons (Fsp3) is 0.357. The first-order chi connectivity index (χ1) is 8.35. The van der Waals surface area contributed by atoms with Gasteiger partial charge in [-0.15, -0.1) is 11.8 Å². The van der Waals surface area contributed by atoms with Crippen molar-refractivity contribution in [1.82, 2.24) is 4.90 Å². The highest BCUT2D eigenvalue weighted by Crippen LogP contribution is 2.12. The molecular weight excluding hydrogens is 244 g/mol. The van der Waals surface area contributed by atoms with Gasteiger partial charge in [-0.3, -0.25) is 4.99 Å². The van der Waals surface area contributed by atoms with E-state index >= 15 is 0 Å². The second-order valence-electron chi connectivity index (χ2n) is 4.02. The Hall–Kier alpha value is -1.42.